The molecule has 25 heavy (non-hydrogen) atoms. The van der Waals surface area contributed by atoms with Crippen LogP contribution < -0.4 is 5.32 Å². The Balaban J connectivity index is 1.65. The summed E-state index contributed by atoms with van der Waals surface area (Å²) in [6.45, 7) is 0. The van der Waals surface area contributed by atoms with E-state index in [-0.39, 0.29) is 23.7 Å². The Bertz CT molecular complexity index is 818. The van der Waals surface area contributed by atoms with Crippen LogP contribution in [0, 0.1) is 11.3 Å². The fraction of sp³-hybridized carbons (Fsp3) is 0.471. The number of hydrogen-bond acceptors (Lipinski definition) is 6. The molecule has 0 bridgehead atoms. The third kappa shape index (κ3) is 2.93. The van der Waals surface area contributed by atoms with Gasteiger partial charge in [-0.1, -0.05) is 0 Å². The van der Waals surface area contributed by atoms with Crippen molar-refractivity contribution < 1.29 is 4.79 Å². The molecular formula is C17H19N7O. The van der Waals surface area contributed by atoms with Crippen LogP contribution in [0.15, 0.2) is 24.7 Å². The standard InChI is InChI=1S/C17H19N7O/c1-23-14(6-7-21-23)17-13(4-5-16(25)24(17)12-2-3-12)22-15-10-19-11(8-18)9-20-15/h6-7,9-10,12-13,17H,2-5H2,1H3,(H,20,22)/t13-,17-/m1/s1. The predicted molar refractivity (Wildman–Crippen MR) is 89.2 cm³/mol. The number of anilines is 1. The number of nitrogens with zero attached hydrogens (tertiary/aromatic N) is 6. The molecule has 1 amide bonds. The molecule has 1 saturated heterocycles. The third-order valence-corrected chi connectivity index (χ3v) is 4.84. The number of aromatic nitrogens is 4. The van der Waals surface area contributed by atoms with Gasteiger partial charge in [-0.05, 0) is 25.3 Å². The molecule has 2 aliphatic rings. The lowest BCUT2D eigenvalue weighted by molar-refractivity contribution is -0.138. The predicted octanol–water partition coefficient (Wildman–Crippen LogP) is 1.39. The molecule has 0 radical (unpaired) electrons. The average molecular weight is 337 g/mol. The fourth-order valence-corrected chi connectivity index (χ4v) is 3.52. The van der Waals surface area contributed by atoms with E-state index in [1.807, 2.05) is 28.8 Å². The van der Waals surface area contributed by atoms with E-state index in [1.54, 1.807) is 12.4 Å². The largest absolute Gasteiger partial charge is 0.364 e. The minimum absolute atomic E-state index is 0.0240. The first kappa shape index (κ1) is 15.6. The van der Waals surface area contributed by atoms with Gasteiger partial charge in [0.05, 0.1) is 30.2 Å². The van der Waals surface area contributed by atoms with Gasteiger partial charge in [0.25, 0.3) is 0 Å². The zero-order valence-electron chi connectivity index (χ0n) is 14.0. The van der Waals surface area contributed by atoms with Crippen molar-refractivity contribution in [1.29, 1.82) is 5.26 Å². The molecule has 0 aromatic carbocycles. The van der Waals surface area contributed by atoms with Crippen LogP contribution in [0.3, 0.4) is 0 Å². The maximum Gasteiger partial charge on any atom is 0.223 e. The van der Waals surface area contributed by atoms with Gasteiger partial charge in [-0.15, -0.1) is 0 Å². The van der Waals surface area contributed by atoms with Gasteiger partial charge in [-0.25, -0.2) is 9.97 Å². The molecule has 1 saturated carbocycles. The summed E-state index contributed by atoms with van der Waals surface area (Å²) in [5, 5.41) is 16.5. The molecule has 2 aromatic heterocycles. The van der Waals surface area contributed by atoms with E-state index in [4.69, 9.17) is 5.26 Å². The van der Waals surface area contributed by atoms with Crippen molar-refractivity contribution in [2.75, 3.05) is 5.32 Å². The van der Waals surface area contributed by atoms with Crippen LogP contribution in [0.5, 0.6) is 0 Å². The first-order valence-electron chi connectivity index (χ1n) is 8.45. The molecule has 1 N–H and O–H groups in total. The molecule has 2 fully saturated rings. The molecule has 3 heterocycles. The van der Waals surface area contributed by atoms with Gasteiger partial charge in [0.2, 0.25) is 5.91 Å². The van der Waals surface area contributed by atoms with Crippen molar-refractivity contribution in [1.82, 2.24) is 24.6 Å². The van der Waals surface area contributed by atoms with Gasteiger partial charge in [0.15, 0.2) is 5.69 Å². The lowest BCUT2D eigenvalue weighted by Gasteiger charge is -2.41. The van der Waals surface area contributed by atoms with Crippen LogP contribution in [0.25, 0.3) is 0 Å². The third-order valence-electron chi connectivity index (χ3n) is 4.84. The number of nitrogens with one attached hydrogen (secondary N) is 1. The Morgan fingerprint density at radius 2 is 2.12 bits per heavy atom. The second-order valence-electron chi connectivity index (χ2n) is 6.54. The van der Waals surface area contributed by atoms with Crippen LogP contribution in [-0.4, -0.2) is 42.6 Å². The zero-order chi connectivity index (χ0) is 17.4. The summed E-state index contributed by atoms with van der Waals surface area (Å²) < 4.78 is 1.83. The number of carbonyl (C=O) groups excluding carboxylic acids is 1. The van der Waals surface area contributed by atoms with E-state index in [0.717, 1.165) is 25.0 Å². The zero-order valence-corrected chi connectivity index (χ0v) is 14.0. The second kappa shape index (κ2) is 6.16. The summed E-state index contributed by atoms with van der Waals surface area (Å²) in [6, 6.07) is 4.20. The van der Waals surface area contributed by atoms with E-state index in [2.05, 4.69) is 20.4 Å². The van der Waals surface area contributed by atoms with E-state index in [1.165, 1.54) is 6.20 Å². The van der Waals surface area contributed by atoms with Crippen molar-refractivity contribution in [3.63, 3.8) is 0 Å². The Morgan fingerprint density at radius 3 is 2.72 bits per heavy atom. The summed E-state index contributed by atoms with van der Waals surface area (Å²) in [4.78, 5) is 22.9. The molecule has 1 aliphatic carbocycles. The summed E-state index contributed by atoms with van der Waals surface area (Å²) >= 11 is 0. The van der Waals surface area contributed by atoms with Crippen LogP contribution >= 0.6 is 0 Å². The normalized spacial score (nSPS) is 23.4. The summed E-state index contributed by atoms with van der Waals surface area (Å²) in [6.07, 6.45) is 8.14. The molecule has 2 aromatic rings. The van der Waals surface area contributed by atoms with Crippen LogP contribution in [-0.2, 0) is 11.8 Å². The lowest BCUT2D eigenvalue weighted by atomic mass is 9.92. The molecule has 4 rings (SSSR count). The molecule has 128 valence electrons. The van der Waals surface area contributed by atoms with E-state index in [0.29, 0.717) is 18.3 Å². The molecule has 8 nitrogen and oxygen atoms in total. The van der Waals surface area contributed by atoms with Gasteiger partial charge < -0.3 is 10.2 Å². The van der Waals surface area contributed by atoms with Crippen LogP contribution in [0.2, 0.25) is 0 Å². The van der Waals surface area contributed by atoms with Crippen molar-refractivity contribution in [2.24, 2.45) is 7.05 Å². The first-order valence-corrected chi connectivity index (χ1v) is 8.45. The van der Waals surface area contributed by atoms with Crippen molar-refractivity contribution in [3.8, 4) is 6.07 Å². The van der Waals surface area contributed by atoms with E-state index in [9.17, 15) is 4.79 Å². The van der Waals surface area contributed by atoms with Gasteiger partial charge in [0, 0.05) is 25.7 Å². The summed E-state index contributed by atoms with van der Waals surface area (Å²) in [5.74, 6) is 0.818. The number of nitriles is 1. The number of likely N-dealkylation sites (tertiary alicyclic amines) is 1. The SMILES string of the molecule is Cn1nccc1[C@H]1[C@H](Nc2cnc(C#N)cn2)CCC(=O)N1C1CC1. The molecule has 8 heteroatoms. The number of piperidine rings is 1. The minimum Gasteiger partial charge on any atom is -0.364 e. The molecule has 1 aliphatic heterocycles. The van der Waals surface area contributed by atoms with Gasteiger partial charge >= 0.3 is 0 Å². The Morgan fingerprint density at radius 1 is 1.28 bits per heavy atom. The van der Waals surface area contributed by atoms with Gasteiger partial charge in [0.1, 0.15) is 11.9 Å². The van der Waals surface area contributed by atoms with Crippen molar-refractivity contribution >= 4 is 11.7 Å². The maximum absolute atomic E-state index is 12.6. The fourth-order valence-electron chi connectivity index (χ4n) is 3.52. The van der Waals surface area contributed by atoms with Crippen LogP contribution in [0.1, 0.15) is 43.1 Å². The molecule has 0 unspecified atom stereocenters. The Hall–Kier alpha value is -2.95. The summed E-state index contributed by atoms with van der Waals surface area (Å²) in [5.41, 5.74) is 1.30. The average Bonchev–Trinajstić information content (AvgIpc) is 3.38. The van der Waals surface area contributed by atoms with E-state index < -0.39 is 0 Å². The molecule has 0 spiro atoms. The highest BCUT2D eigenvalue weighted by atomic mass is 16.2. The number of aryl methyl sites for hydroxylation is 1. The highest BCUT2D eigenvalue weighted by molar-refractivity contribution is 5.78. The topological polar surface area (TPSA) is 99.7 Å². The van der Waals surface area contributed by atoms with Crippen molar-refractivity contribution in [2.45, 2.75) is 43.8 Å². The number of rotatable bonds is 4. The highest BCUT2D eigenvalue weighted by Gasteiger charge is 2.45. The van der Waals surface area contributed by atoms with Gasteiger partial charge in [-0.2, -0.15) is 10.4 Å². The Labute approximate surface area is 145 Å². The van der Waals surface area contributed by atoms with E-state index >= 15 is 0 Å². The maximum atomic E-state index is 12.6. The lowest BCUT2D eigenvalue weighted by Crippen LogP contribution is -2.49. The number of amides is 1. The van der Waals surface area contributed by atoms with Crippen LogP contribution in [0.4, 0.5) is 5.82 Å². The number of hydrogen-bond donors (Lipinski definition) is 1. The second-order valence-corrected chi connectivity index (χ2v) is 6.54. The molecule has 2 atom stereocenters. The number of carbonyl (C=O) groups is 1. The minimum atomic E-state index is -0.0845. The van der Waals surface area contributed by atoms with Crippen molar-refractivity contribution in [3.05, 3.63) is 36.0 Å². The smallest absolute Gasteiger partial charge is 0.223 e. The highest BCUT2D eigenvalue weighted by Crippen LogP contribution is 2.41. The monoisotopic (exact) mass is 337 g/mol. The summed E-state index contributed by atoms with van der Waals surface area (Å²) in [7, 11) is 1.90. The first-order chi connectivity index (χ1) is 12.2. The van der Waals surface area contributed by atoms with Gasteiger partial charge in [-0.3, -0.25) is 9.48 Å². The Kier molecular flexibility index (Phi) is 3.84. The molecular weight excluding hydrogens is 318 g/mol. The quantitative estimate of drug-likeness (QED) is 0.905.